The molecular formula is C13H11NOS. The predicted octanol–water partition coefficient (Wildman–Crippen LogP) is 3.77. The van der Waals surface area contributed by atoms with Gasteiger partial charge in [0, 0.05) is 5.39 Å². The molecule has 2 aromatic carbocycles. The zero-order valence-electron chi connectivity index (χ0n) is 9.15. The van der Waals surface area contributed by atoms with E-state index in [0.29, 0.717) is 0 Å². The lowest BCUT2D eigenvalue weighted by Gasteiger charge is -2.02. The van der Waals surface area contributed by atoms with Crippen molar-refractivity contribution in [3.8, 4) is 5.75 Å². The molecule has 0 fully saturated rings. The molecule has 1 aromatic heterocycles. The third-order valence-electron chi connectivity index (χ3n) is 2.69. The number of hydrogen-bond acceptors (Lipinski definition) is 3. The van der Waals surface area contributed by atoms with Crippen LogP contribution in [0.5, 0.6) is 5.75 Å². The number of nitrogens with zero attached hydrogens (tertiary/aromatic N) is 1. The Morgan fingerprint density at radius 2 is 2.00 bits per heavy atom. The SMILES string of the molecule is COc1ccc2ccc3sc(C)nc3c2c1. The first-order valence-electron chi connectivity index (χ1n) is 5.12. The Balaban J connectivity index is 2.46. The summed E-state index contributed by atoms with van der Waals surface area (Å²) in [5, 5.41) is 3.48. The van der Waals surface area contributed by atoms with Crippen molar-refractivity contribution in [2.24, 2.45) is 0 Å². The Morgan fingerprint density at radius 1 is 1.19 bits per heavy atom. The van der Waals surface area contributed by atoms with E-state index in [1.807, 2.05) is 13.0 Å². The molecule has 1 heterocycles. The molecule has 2 nitrogen and oxygen atoms in total. The van der Waals surface area contributed by atoms with Crippen molar-refractivity contribution in [1.29, 1.82) is 0 Å². The lowest BCUT2D eigenvalue weighted by molar-refractivity contribution is 0.415. The van der Waals surface area contributed by atoms with Crippen molar-refractivity contribution in [3.63, 3.8) is 0 Å². The van der Waals surface area contributed by atoms with Gasteiger partial charge in [-0.15, -0.1) is 11.3 Å². The van der Waals surface area contributed by atoms with Gasteiger partial charge in [0.1, 0.15) is 5.75 Å². The highest BCUT2D eigenvalue weighted by Crippen LogP contribution is 2.31. The minimum Gasteiger partial charge on any atom is -0.497 e. The van der Waals surface area contributed by atoms with Gasteiger partial charge in [-0.1, -0.05) is 12.1 Å². The summed E-state index contributed by atoms with van der Waals surface area (Å²) in [6, 6.07) is 10.4. The van der Waals surface area contributed by atoms with Crippen LogP contribution in [-0.4, -0.2) is 12.1 Å². The second kappa shape index (κ2) is 3.46. The molecule has 0 amide bonds. The predicted molar refractivity (Wildman–Crippen MR) is 68.4 cm³/mol. The van der Waals surface area contributed by atoms with Crippen molar-refractivity contribution in [1.82, 2.24) is 4.98 Å². The number of hydrogen-bond donors (Lipinski definition) is 0. The molecule has 0 aliphatic heterocycles. The molecule has 0 radical (unpaired) electrons. The van der Waals surface area contributed by atoms with E-state index in [4.69, 9.17) is 4.74 Å². The van der Waals surface area contributed by atoms with Gasteiger partial charge in [-0.25, -0.2) is 4.98 Å². The van der Waals surface area contributed by atoms with Gasteiger partial charge in [-0.2, -0.15) is 0 Å². The molecule has 0 N–H and O–H groups in total. The second-order valence-electron chi connectivity index (χ2n) is 3.73. The fourth-order valence-corrected chi connectivity index (χ4v) is 2.77. The number of aryl methyl sites for hydroxylation is 1. The smallest absolute Gasteiger partial charge is 0.119 e. The maximum Gasteiger partial charge on any atom is 0.119 e. The molecule has 0 aliphatic carbocycles. The Kier molecular flexibility index (Phi) is 2.07. The maximum atomic E-state index is 5.25. The lowest BCUT2D eigenvalue weighted by atomic mass is 10.1. The third kappa shape index (κ3) is 1.36. The van der Waals surface area contributed by atoms with Crippen LogP contribution >= 0.6 is 11.3 Å². The molecule has 3 aromatic rings. The van der Waals surface area contributed by atoms with Crippen molar-refractivity contribution in [2.45, 2.75) is 6.92 Å². The van der Waals surface area contributed by atoms with Crippen LogP contribution in [0.4, 0.5) is 0 Å². The Bertz CT molecular complexity index is 672. The molecule has 0 aliphatic rings. The first kappa shape index (κ1) is 9.60. The van der Waals surface area contributed by atoms with Gasteiger partial charge in [0.05, 0.1) is 22.3 Å². The summed E-state index contributed by atoms with van der Waals surface area (Å²) >= 11 is 1.73. The van der Waals surface area contributed by atoms with Crippen LogP contribution in [0.25, 0.3) is 21.0 Å². The molecule has 0 bridgehead atoms. The number of benzene rings is 2. The van der Waals surface area contributed by atoms with Crippen molar-refractivity contribution in [3.05, 3.63) is 35.3 Å². The average molecular weight is 229 g/mol. The standard InChI is InChI=1S/C13H11NOS/c1-8-14-13-11-7-10(15-2)5-3-9(11)4-6-12(13)16-8/h3-7H,1-2H3. The summed E-state index contributed by atoms with van der Waals surface area (Å²) in [5.41, 5.74) is 1.08. The Labute approximate surface area is 97.5 Å². The van der Waals surface area contributed by atoms with Gasteiger partial charge in [-0.3, -0.25) is 0 Å². The molecule has 0 unspecified atom stereocenters. The van der Waals surface area contributed by atoms with Gasteiger partial charge in [0.25, 0.3) is 0 Å². The molecule has 0 saturated carbocycles. The maximum absolute atomic E-state index is 5.25. The largest absolute Gasteiger partial charge is 0.497 e. The summed E-state index contributed by atoms with van der Waals surface area (Å²) in [6.45, 7) is 2.04. The number of aromatic nitrogens is 1. The first-order valence-corrected chi connectivity index (χ1v) is 5.93. The van der Waals surface area contributed by atoms with Crippen LogP contribution in [0.15, 0.2) is 30.3 Å². The van der Waals surface area contributed by atoms with Gasteiger partial charge < -0.3 is 4.74 Å². The molecule has 0 spiro atoms. The minimum atomic E-state index is 0.880. The minimum absolute atomic E-state index is 0.880. The van der Waals surface area contributed by atoms with Gasteiger partial charge in [0.2, 0.25) is 0 Å². The van der Waals surface area contributed by atoms with Crippen LogP contribution in [0.3, 0.4) is 0 Å². The van der Waals surface area contributed by atoms with Crippen LogP contribution in [0, 0.1) is 6.92 Å². The molecule has 3 heteroatoms. The highest BCUT2D eigenvalue weighted by Gasteiger charge is 2.06. The normalized spacial score (nSPS) is 11.1. The summed E-state index contributed by atoms with van der Waals surface area (Å²) in [6.07, 6.45) is 0. The molecule has 0 atom stereocenters. The zero-order valence-corrected chi connectivity index (χ0v) is 9.97. The summed E-state index contributed by atoms with van der Waals surface area (Å²) in [7, 11) is 1.69. The van der Waals surface area contributed by atoms with E-state index in [2.05, 4.69) is 29.2 Å². The van der Waals surface area contributed by atoms with Crippen LogP contribution in [-0.2, 0) is 0 Å². The van der Waals surface area contributed by atoms with Crippen molar-refractivity contribution >= 4 is 32.3 Å². The Morgan fingerprint density at radius 3 is 2.81 bits per heavy atom. The lowest BCUT2D eigenvalue weighted by Crippen LogP contribution is -1.83. The molecular weight excluding hydrogens is 218 g/mol. The molecule has 3 rings (SSSR count). The van der Waals surface area contributed by atoms with Crippen LogP contribution < -0.4 is 4.74 Å². The highest BCUT2D eigenvalue weighted by molar-refractivity contribution is 7.18. The monoisotopic (exact) mass is 229 g/mol. The van der Waals surface area contributed by atoms with E-state index in [1.54, 1.807) is 18.4 Å². The molecule has 16 heavy (non-hydrogen) atoms. The molecule has 0 saturated heterocycles. The van der Waals surface area contributed by atoms with E-state index in [1.165, 1.54) is 15.5 Å². The van der Waals surface area contributed by atoms with Gasteiger partial charge in [-0.05, 0) is 30.5 Å². The van der Waals surface area contributed by atoms with E-state index in [0.717, 1.165) is 16.3 Å². The number of ether oxygens (including phenoxy) is 1. The van der Waals surface area contributed by atoms with E-state index < -0.39 is 0 Å². The van der Waals surface area contributed by atoms with E-state index in [-0.39, 0.29) is 0 Å². The highest BCUT2D eigenvalue weighted by atomic mass is 32.1. The molecule has 80 valence electrons. The average Bonchev–Trinajstić information content (AvgIpc) is 2.69. The van der Waals surface area contributed by atoms with Crippen LogP contribution in [0.1, 0.15) is 5.01 Å². The fraction of sp³-hybridized carbons (Fsp3) is 0.154. The quantitative estimate of drug-likeness (QED) is 0.633. The topological polar surface area (TPSA) is 22.1 Å². The van der Waals surface area contributed by atoms with E-state index >= 15 is 0 Å². The zero-order chi connectivity index (χ0) is 11.1. The van der Waals surface area contributed by atoms with Crippen LogP contribution in [0.2, 0.25) is 0 Å². The summed E-state index contributed by atoms with van der Waals surface area (Å²) in [4.78, 5) is 4.58. The van der Waals surface area contributed by atoms with Gasteiger partial charge >= 0.3 is 0 Å². The number of rotatable bonds is 1. The fourth-order valence-electron chi connectivity index (χ4n) is 1.93. The Hall–Kier alpha value is -1.61. The first-order chi connectivity index (χ1) is 7.78. The van der Waals surface area contributed by atoms with Gasteiger partial charge in [0.15, 0.2) is 0 Å². The summed E-state index contributed by atoms with van der Waals surface area (Å²) < 4.78 is 6.49. The van der Waals surface area contributed by atoms with Crippen molar-refractivity contribution in [2.75, 3.05) is 7.11 Å². The third-order valence-corrected chi connectivity index (χ3v) is 3.63. The number of methoxy groups -OCH3 is 1. The van der Waals surface area contributed by atoms with E-state index in [9.17, 15) is 0 Å². The number of fused-ring (bicyclic) bond motifs is 3. The van der Waals surface area contributed by atoms with Crippen molar-refractivity contribution < 1.29 is 4.74 Å². The second-order valence-corrected chi connectivity index (χ2v) is 4.97. The summed E-state index contributed by atoms with van der Waals surface area (Å²) in [5.74, 6) is 0.880. The number of thiazole rings is 1.